The van der Waals surface area contributed by atoms with Crippen molar-refractivity contribution in [2.24, 2.45) is 11.8 Å². The van der Waals surface area contributed by atoms with E-state index in [0.717, 1.165) is 19.5 Å². The quantitative estimate of drug-likeness (QED) is 0.731. The van der Waals surface area contributed by atoms with Crippen molar-refractivity contribution in [1.82, 2.24) is 4.90 Å². The molecular weight excluding hydrogens is 258 g/mol. The normalized spacial score (nSPS) is 31.1. The molecule has 2 heterocycles. The Labute approximate surface area is 120 Å². The van der Waals surface area contributed by atoms with E-state index in [0.29, 0.717) is 18.6 Å². The Morgan fingerprint density at radius 1 is 1.35 bits per heavy atom. The van der Waals surface area contributed by atoms with Gasteiger partial charge in [-0.05, 0) is 45.2 Å². The van der Waals surface area contributed by atoms with Crippen molar-refractivity contribution in [3.05, 3.63) is 0 Å². The van der Waals surface area contributed by atoms with E-state index in [2.05, 4.69) is 4.90 Å². The van der Waals surface area contributed by atoms with Crippen molar-refractivity contribution in [3.8, 4) is 0 Å². The van der Waals surface area contributed by atoms with E-state index in [9.17, 15) is 15.0 Å². The second kappa shape index (κ2) is 6.00. The molecule has 0 bridgehead atoms. The van der Waals surface area contributed by atoms with Crippen molar-refractivity contribution in [1.29, 1.82) is 0 Å². The number of hydrogen-bond donors (Lipinski definition) is 2. The van der Waals surface area contributed by atoms with Gasteiger partial charge >= 0.3 is 5.97 Å². The smallest absolute Gasteiger partial charge is 0.341 e. The standard InChI is InChI=1S/C15H27NO4/c1-10(2)15(19,11(3)17)14(18)20-9-12-6-8-16-7-4-5-13(12)16/h10-13,17,19H,4-9H2,1-3H3/t11-,12-,13+,15-/m0/s1. The maximum absolute atomic E-state index is 12.2. The topological polar surface area (TPSA) is 70.0 Å². The van der Waals surface area contributed by atoms with E-state index >= 15 is 0 Å². The number of esters is 1. The number of hydrogen-bond acceptors (Lipinski definition) is 5. The molecule has 0 aromatic carbocycles. The molecular formula is C15H27NO4. The molecule has 20 heavy (non-hydrogen) atoms. The van der Waals surface area contributed by atoms with Gasteiger partial charge in [0.05, 0.1) is 12.7 Å². The van der Waals surface area contributed by atoms with Crippen LogP contribution in [0.2, 0.25) is 0 Å². The summed E-state index contributed by atoms with van der Waals surface area (Å²) >= 11 is 0. The zero-order valence-corrected chi connectivity index (χ0v) is 12.7. The zero-order valence-electron chi connectivity index (χ0n) is 12.7. The first-order valence-electron chi connectivity index (χ1n) is 7.69. The lowest BCUT2D eigenvalue weighted by atomic mass is 9.85. The van der Waals surface area contributed by atoms with Crippen LogP contribution >= 0.6 is 0 Å². The van der Waals surface area contributed by atoms with E-state index in [1.165, 1.54) is 19.8 Å². The van der Waals surface area contributed by atoms with E-state index in [-0.39, 0.29) is 5.92 Å². The summed E-state index contributed by atoms with van der Waals surface area (Å²) in [6, 6.07) is 0.529. The summed E-state index contributed by atoms with van der Waals surface area (Å²) in [4.78, 5) is 14.6. The van der Waals surface area contributed by atoms with Crippen LogP contribution < -0.4 is 0 Å². The van der Waals surface area contributed by atoms with Crippen LogP contribution in [0.3, 0.4) is 0 Å². The molecule has 0 aliphatic carbocycles. The Morgan fingerprint density at radius 2 is 2.05 bits per heavy atom. The minimum absolute atomic E-state index is 0.349. The molecule has 2 aliphatic heterocycles. The molecule has 2 saturated heterocycles. The van der Waals surface area contributed by atoms with Gasteiger partial charge in [0.25, 0.3) is 0 Å². The van der Waals surface area contributed by atoms with Crippen LogP contribution in [0.25, 0.3) is 0 Å². The highest BCUT2D eigenvalue weighted by molar-refractivity contribution is 5.80. The van der Waals surface area contributed by atoms with Crippen LogP contribution in [-0.2, 0) is 9.53 Å². The predicted octanol–water partition coefficient (Wildman–Crippen LogP) is 0.782. The number of ether oxygens (including phenoxy) is 1. The molecule has 5 nitrogen and oxygen atoms in total. The van der Waals surface area contributed by atoms with E-state index in [4.69, 9.17) is 4.74 Å². The largest absolute Gasteiger partial charge is 0.463 e. The maximum atomic E-state index is 12.2. The molecule has 0 aromatic heterocycles. The third kappa shape index (κ3) is 2.71. The summed E-state index contributed by atoms with van der Waals surface area (Å²) in [5, 5.41) is 20.1. The minimum Gasteiger partial charge on any atom is -0.463 e. The molecule has 4 atom stereocenters. The Hall–Kier alpha value is -0.650. The van der Waals surface area contributed by atoms with Crippen molar-refractivity contribution >= 4 is 5.97 Å². The molecule has 0 unspecified atom stereocenters. The predicted molar refractivity (Wildman–Crippen MR) is 75.1 cm³/mol. The molecule has 0 aromatic rings. The molecule has 5 heteroatoms. The van der Waals surface area contributed by atoms with E-state index in [1.54, 1.807) is 13.8 Å². The molecule has 0 amide bonds. The number of rotatable bonds is 5. The van der Waals surface area contributed by atoms with Gasteiger partial charge in [0.1, 0.15) is 0 Å². The van der Waals surface area contributed by atoms with Crippen LogP contribution in [-0.4, -0.2) is 58.5 Å². The average molecular weight is 285 g/mol. The van der Waals surface area contributed by atoms with Gasteiger partial charge in [-0.25, -0.2) is 4.79 Å². The summed E-state index contributed by atoms with van der Waals surface area (Å²) in [7, 11) is 0. The Morgan fingerprint density at radius 3 is 2.65 bits per heavy atom. The molecule has 2 fully saturated rings. The molecule has 0 radical (unpaired) electrons. The lowest BCUT2D eigenvalue weighted by Crippen LogP contribution is -2.53. The van der Waals surface area contributed by atoms with Crippen molar-refractivity contribution in [2.45, 2.75) is 57.8 Å². The first-order valence-corrected chi connectivity index (χ1v) is 7.69. The number of carbonyl (C=O) groups is 1. The first-order chi connectivity index (χ1) is 9.37. The van der Waals surface area contributed by atoms with Crippen LogP contribution in [0.5, 0.6) is 0 Å². The highest BCUT2D eigenvalue weighted by atomic mass is 16.6. The first kappa shape index (κ1) is 15.7. The highest BCUT2D eigenvalue weighted by Crippen LogP contribution is 2.33. The molecule has 2 N–H and O–H groups in total. The van der Waals surface area contributed by atoms with Gasteiger partial charge in [0.15, 0.2) is 5.60 Å². The highest BCUT2D eigenvalue weighted by Gasteiger charge is 2.46. The number of carbonyl (C=O) groups excluding carboxylic acids is 1. The zero-order chi connectivity index (χ0) is 14.9. The molecule has 0 spiro atoms. The van der Waals surface area contributed by atoms with Crippen LogP contribution in [0, 0.1) is 11.8 Å². The Kier molecular flexibility index (Phi) is 4.72. The number of aliphatic hydroxyl groups is 2. The van der Waals surface area contributed by atoms with Crippen molar-refractivity contribution < 1.29 is 19.7 Å². The number of fused-ring (bicyclic) bond motifs is 1. The summed E-state index contributed by atoms with van der Waals surface area (Å²) in [5.74, 6) is -0.715. The van der Waals surface area contributed by atoms with E-state index < -0.39 is 17.7 Å². The lowest BCUT2D eigenvalue weighted by molar-refractivity contribution is -0.186. The fraction of sp³-hybridized carbons (Fsp3) is 0.933. The van der Waals surface area contributed by atoms with Crippen LogP contribution in [0.4, 0.5) is 0 Å². The molecule has 2 rings (SSSR count). The molecule has 2 aliphatic rings. The number of nitrogens with zero attached hydrogens (tertiary/aromatic N) is 1. The Balaban J connectivity index is 1.91. The van der Waals surface area contributed by atoms with Crippen molar-refractivity contribution in [2.75, 3.05) is 19.7 Å². The SMILES string of the molecule is CC(C)[C@@](O)(C(=O)OC[C@@H]1CCN2CCC[C@H]12)[C@H](C)O. The lowest BCUT2D eigenvalue weighted by Gasteiger charge is -2.33. The third-order valence-corrected chi connectivity index (χ3v) is 5.02. The van der Waals surface area contributed by atoms with Gasteiger partial charge < -0.3 is 14.9 Å². The summed E-state index contributed by atoms with van der Waals surface area (Å²) in [5.41, 5.74) is -1.81. The van der Waals surface area contributed by atoms with E-state index in [1.807, 2.05) is 0 Å². The summed E-state index contributed by atoms with van der Waals surface area (Å²) < 4.78 is 5.35. The number of aliphatic hydroxyl groups excluding tert-OH is 1. The minimum atomic E-state index is -1.81. The van der Waals surface area contributed by atoms with Gasteiger partial charge in [0.2, 0.25) is 0 Å². The second-order valence-electron chi connectivity index (χ2n) is 6.55. The van der Waals surface area contributed by atoms with Crippen molar-refractivity contribution in [3.63, 3.8) is 0 Å². The molecule has 116 valence electrons. The third-order valence-electron chi connectivity index (χ3n) is 5.02. The average Bonchev–Trinajstić information content (AvgIpc) is 2.97. The maximum Gasteiger partial charge on any atom is 0.341 e. The second-order valence-corrected chi connectivity index (χ2v) is 6.55. The van der Waals surface area contributed by atoms with Gasteiger partial charge in [-0.1, -0.05) is 13.8 Å². The van der Waals surface area contributed by atoms with Gasteiger partial charge in [-0.15, -0.1) is 0 Å². The van der Waals surface area contributed by atoms with Crippen LogP contribution in [0.15, 0.2) is 0 Å². The fourth-order valence-electron chi connectivity index (χ4n) is 3.57. The van der Waals surface area contributed by atoms with Gasteiger partial charge in [-0.3, -0.25) is 4.90 Å². The Bertz CT molecular complexity index is 348. The fourth-order valence-corrected chi connectivity index (χ4v) is 3.57. The van der Waals surface area contributed by atoms with Gasteiger partial charge in [0, 0.05) is 12.0 Å². The van der Waals surface area contributed by atoms with Crippen LogP contribution in [0.1, 0.15) is 40.0 Å². The van der Waals surface area contributed by atoms with Gasteiger partial charge in [-0.2, -0.15) is 0 Å². The summed E-state index contributed by atoms with van der Waals surface area (Å²) in [6.07, 6.45) is 2.31. The molecule has 0 saturated carbocycles. The monoisotopic (exact) mass is 285 g/mol. The summed E-state index contributed by atoms with van der Waals surface area (Å²) in [6.45, 7) is 7.43.